The number of fused-ring (bicyclic) bond motifs is 1. The molecule has 1 aromatic carbocycles. The molecule has 0 aromatic heterocycles. The van der Waals surface area contributed by atoms with Crippen molar-refractivity contribution in [2.45, 2.75) is 56.9 Å². The first-order chi connectivity index (χ1) is 13.3. The van der Waals surface area contributed by atoms with Crippen LogP contribution in [-0.4, -0.2) is 58.1 Å². The number of rotatable bonds is 4. The van der Waals surface area contributed by atoms with E-state index < -0.39 is 12.1 Å². The van der Waals surface area contributed by atoms with Crippen LogP contribution in [0.3, 0.4) is 0 Å². The highest BCUT2D eigenvalue weighted by molar-refractivity contribution is 5.77. The molecule has 8 heteroatoms. The van der Waals surface area contributed by atoms with Crippen LogP contribution >= 0.6 is 0 Å². The molecule has 0 radical (unpaired) electrons. The van der Waals surface area contributed by atoms with E-state index in [1.54, 1.807) is 0 Å². The van der Waals surface area contributed by atoms with Crippen molar-refractivity contribution in [3.63, 3.8) is 0 Å². The van der Waals surface area contributed by atoms with Crippen molar-refractivity contribution in [3.8, 4) is 0 Å². The van der Waals surface area contributed by atoms with Crippen LogP contribution in [-0.2, 0) is 16.1 Å². The molecule has 1 aliphatic carbocycles. The van der Waals surface area contributed by atoms with Crippen molar-refractivity contribution in [2.75, 3.05) is 13.1 Å². The summed E-state index contributed by atoms with van der Waals surface area (Å²) in [6.07, 6.45) is 0.538. The molecule has 1 amide bonds. The van der Waals surface area contributed by atoms with Crippen LogP contribution in [0.1, 0.15) is 37.7 Å². The van der Waals surface area contributed by atoms with Crippen molar-refractivity contribution < 1.29 is 27.9 Å². The fourth-order valence-corrected chi connectivity index (χ4v) is 4.07. The fourth-order valence-electron chi connectivity index (χ4n) is 4.07. The van der Waals surface area contributed by atoms with Crippen LogP contribution < -0.4 is 0 Å². The number of carboxylic acid groups (broad SMARTS) is 1. The molecular formula is C20H25F3N2O3. The number of likely N-dealkylation sites (tertiary alicyclic amines) is 2. The zero-order valence-corrected chi connectivity index (χ0v) is 15.6. The van der Waals surface area contributed by atoms with Gasteiger partial charge in [-0.3, -0.25) is 9.69 Å². The van der Waals surface area contributed by atoms with E-state index >= 15 is 0 Å². The molecule has 2 saturated heterocycles. The van der Waals surface area contributed by atoms with Gasteiger partial charge in [-0.2, -0.15) is 13.2 Å². The maximum absolute atomic E-state index is 12.3. The van der Waals surface area contributed by atoms with Gasteiger partial charge in [0.05, 0.1) is 0 Å². The predicted octanol–water partition coefficient (Wildman–Crippen LogP) is 3.30. The first-order valence-corrected chi connectivity index (χ1v) is 9.63. The van der Waals surface area contributed by atoms with Gasteiger partial charge >= 0.3 is 12.1 Å². The molecule has 5 nitrogen and oxygen atoms in total. The van der Waals surface area contributed by atoms with E-state index in [-0.39, 0.29) is 0 Å². The number of alkyl halides is 3. The Balaban J connectivity index is 0.000000279. The lowest BCUT2D eigenvalue weighted by molar-refractivity contribution is -0.192. The molecular weight excluding hydrogens is 373 g/mol. The Labute approximate surface area is 162 Å². The minimum atomic E-state index is -5.08. The Kier molecular flexibility index (Phi) is 6.27. The average Bonchev–Trinajstić information content (AvgIpc) is 3.38. The molecule has 28 heavy (non-hydrogen) atoms. The van der Waals surface area contributed by atoms with E-state index in [0.29, 0.717) is 18.0 Å². The fraction of sp³-hybridized carbons (Fsp3) is 0.600. The summed E-state index contributed by atoms with van der Waals surface area (Å²) in [7, 11) is 0. The Bertz CT molecular complexity index is 692. The molecule has 2 heterocycles. The van der Waals surface area contributed by atoms with Gasteiger partial charge in [-0.15, -0.1) is 0 Å². The van der Waals surface area contributed by atoms with Gasteiger partial charge in [0.25, 0.3) is 0 Å². The van der Waals surface area contributed by atoms with E-state index in [2.05, 4.69) is 40.1 Å². The number of nitrogens with zero attached hydrogens (tertiary/aromatic N) is 2. The number of benzene rings is 1. The highest BCUT2D eigenvalue weighted by Crippen LogP contribution is 2.37. The second-order valence-corrected chi connectivity index (χ2v) is 7.71. The number of piperidine rings is 1. The first kappa shape index (κ1) is 20.6. The van der Waals surface area contributed by atoms with Crippen molar-refractivity contribution in [2.24, 2.45) is 5.92 Å². The zero-order valence-electron chi connectivity index (χ0n) is 15.6. The summed E-state index contributed by atoms with van der Waals surface area (Å²) in [6.45, 7) is 3.20. The van der Waals surface area contributed by atoms with E-state index in [0.717, 1.165) is 44.8 Å². The van der Waals surface area contributed by atoms with E-state index in [9.17, 15) is 18.0 Å². The number of carboxylic acids is 1. The number of hydrogen-bond donors (Lipinski definition) is 1. The summed E-state index contributed by atoms with van der Waals surface area (Å²) in [5, 5.41) is 7.12. The maximum atomic E-state index is 12.3. The molecule has 3 aliphatic rings. The highest BCUT2D eigenvalue weighted by atomic mass is 19.4. The third kappa shape index (κ3) is 5.25. The maximum Gasteiger partial charge on any atom is 0.490 e. The summed E-state index contributed by atoms with van der Waals surface area (Å²) in [5.41, 5.74) is 1.39. The van der Waals surface area contributed by atoms with Crippen LogP contribution in [0, 0.1) is 5.92 Å². The van der Waals surface area contributed by atoms with Crippen molar-refractivity contribution in [1.82, 2.24) is 9.80 Å². The lowest BCUT2D eigenvalue weighted by Gasteiger charge is -2.40. The molecule has 1 saturated carbocycles. The molecule has 0 bridgehead atoms. The normalized spacial score (nSPS) is 25.1. The van der Waals surface area contributed by atoms with Crippen LogP contribution in [0.5, 0.6) is 0 Å². The van der Waals surface area contributed by atoms with Gasteiger partial charge in [0.15, 0.2) is 0 Å². The van der Waals surface area contributed by atoms with Gasteiger partial charge < -0.3 is 10.0 Å². The van der Waals surface area contributed by atoms with Gasteiger partial charge in [-0.25, -0.2) is 4.79 Å². The van der Waals surface area contributed by atoms with Gasteiger partial charge in [-0.05, 0) is 37.2 Å². The summed E-state index contributed by atoms with van der Waals surface area (Å²) in [6, 6.07) is 11.8. The average molecular weight is 398 g/mol. The standard InChI is InChI=1S/C18H24N2O.C2HF3O2/c21-18-9-8-16-17(20(18)13-15-6-7-15)10-11-19(16)12-14-4-2-1-3-5-14;3-2(4,5)1(6)7/h1-5,15-17H,6-13H2;(H,6,7)/t16-,17-;/m0./s1. The van der Waals surface area contributed by atoms with E-state index in [1.807, 2.05) is 0 Å². The summed E-state index contributed by atoms with van der Waals surface area (Å²) in [5.74, 6) is -1.55. The number of halogens is 3. The minimum absolute atomic E-state index is 0.407. The minimum Gasteiger partial charge on any atom is -0.475 e. The second kappa shape index (κ2) is 8.51. The molecule has 2 atom stereocenters. The quantitative estimate of drug-likeness (QED) is 0.846. The Morgan fingerprint density at radius 1 is 1.07 bits per heavy atom. The summed E-state index contributed by atoms with van der Waals surface area (Å²) < 4.78 is 31.7. The third-order valence-electron chi connectivity index (χ3n) is 5.62. The van der Waals surface area contributed by atoms with Crippen LogP contribution in [0.15, 0.2) is 30.3 Å². The smallest absolute Gasteiger partial charge is 0.475 e. The monoisotopic (exact) mass is 398 g/mol. The molecule has 4 rings (SSSR count). The molecule has 154 valence electrons. The number of amides is 1. The highest BCUT2D eigenvalue weighted by Gasteiger charge is 2.44. The number of carbonyl (C=O) groups excluding carboxylic acids is 1. The van der Waals surface area contributed by atoms with E-state index in [4.69, 9.17) is 9.90 Å². The van der Waals surface area contributed by atoms with Crippen LogP contribution in [0.2, 0.25) is 0 Å². The van der Waals surface area contributed by atoms with Crippen molar-refractivity contribution in [3.05, 3.63) is 35.9 Å². The summed E-state index contributed by atoms with van der Waals surface area (Å²) in [4.78, 5) is 26.0. The lowest BCUT2D eigenvalue weighted by Crippen LogP contribution is -2.52. The first-order valence-electron chi connectivity index (χ1n) is 9.63. The zero-order chi connectivity index (χ0) is 20.3. The van der Waals surface area contributed by atoms with Crippen molar-refractivity contribution >= 4 is 11.9 Å². The topological polar surface area (TPSA) is 60.9 Å². The second-order valence-electron chi connectivity index (χ2n) is 7.71. The molecule has 2 aliphatic heterocycles. The Morgan fingerprint density at radius 2 is 1.71 bits per heavy atom. The predicted molar refractivity (Wildman–Crippen MR) is 96.4 cm³/mol. The SMILES string of the molecule is O=C(O)C(F)(F)F.O=C1CC[C@H]2[C@H](CCN2Cc2ccccc2)N1CC1CC1. The molecule has 1 aromatic rings. The molecule has 3 fully saturated rings. The molecule has 1 N–H and O–H groups in total. The largest absolute Gasteiger partial charge is 0.490 e. The number of aliphatic carboxylic acids is 1. The Hall–Kier alpha value is -2.09. The Morgan fingerprint density at radius 3 is 2.29 bits per heavy atom. The lowest BCUT2D eigenvalue weighted by atomic mass is 9.95. The van der Waals surface area contributed by atoms with E-state index in [1.165, 1.54) is 18.4 Å². The molecule has 0 spiro atoms. The van der Waals surface area contributed by atoms with Gasteiger partial charge in [0.1, 0.15) is 0 Å². The summed E-state index contributed by atoms with van der Waals surface area (Å²) >= 11 is 0. The van der Waals surface area contributed by atoms with Gasteiger partial charge in [0.2, 0.25) is 5.91 Å². The van der Waals surface area contributed by atoms with Gasteiger partial charge in [-0.1, -0.05) is 30.3 Å². The molecule has 0 unspecified atom stereocenters. The third-order valence-corrected chi connectivity index (χ3v) is 5.62. The van der Waals surface area contributed by atoms with Crippen LogP contribution in [0.4, 0.5) is 13.2 Å². The van der Waals surface area contributed by atoms with Gasteiger partial charge in [0, 0.05) is 38.1 Å². The van der Waals surface area contributed by atoms with Crippen LogP contribution in [0.25, 0.3) is 0 Å². The van der Waals surface area contributed by atoms with Crippen molar-refractivity contribution in [1.29, 1.82) is 0 Å². The number of carbonyl (C=O) groups is 2. The number of hydrogen-bond acceptors (Lipinski definition) is 3.